The van der Waals surface area contributed by atoms with Crippen molar-refractivity contribution in [3.8, 4) is 11.5 Å². The topological polar surface area (TPSA) is 94.1 Å². The van der Waals surface area contributed by atoms with Crippen LogP contribution in [0.3, 0.4) is 0 Å². The zero-order chi connectivity index (χ0) is 18.4. The van der Waals surface area contributed by atoms with Crippen LogP contribution in [0.4, 0.5) is 11.7 Å². The molecule has 0 radical (unpaired) electrons. The number of hydrogen-bond donors (Lipinski definition) is 1. The van der Waals surface area contributed by atoms with Crippen molar-refractivity contribution in [1.29, 1.82) is 0 Å². The predicted molar refractivity (Wildman–Crippen MR) is 99.1 cm³/mol. The highest BCUT2D eigenvalue weighted by molar-refractivity contribution is 5.95. The van der Waals surface area contributed by atoms with E-state index in [1.165, 1.54) is 0 Å². The molecule has 3 aromatic rings. The van der Waals surface area contributed by atoms with Crippen LogP contribution in [0.5, 0.6) is 11.5 Å². The van der Waals surface area contributed by atoms with Crippen molar-refractivity contribution in [3.63, 3.8) is 0 Å². The van der Waals surface area contributed by atoms with Gasteiger partial charge in [-0.15, -0.1) is 0 Å². The molecule has 1 fully saturated rings. The summed E-state index contributed by atoms with van der Waals surface area (Å²) < 4.78 is 16.5. The van der Waals surface area contributed by atoms with E-state index in [-0.39, 0.29) is 12.7 Å². The number of anilines is 2. The Morgan fingerprint density at radius 3 is 2.67 bits per heavy atom. The van der Waals surface area contributed by atoms with E-state index in [1.54, 1.807) is 30.3 Å². The molecule has 1 saturated heterocycles. The van der Waals surface area contributed by atoms with Crippen LogP contribution in [0.2, 0.25) is 0 Å². The molecule has 138 valence electrons. The number of nitrogens with two attached hydrogens (primary N) is 1. The second-order valence-electron chi connectivity index (χ2n) is 6.57. The van der Waals surface area contributed by atoms with Gasteiger partial charge in [-0.2, -0.15) is 4.98 Å². The standard InChI is InChI=1S/C19H18N4O4/c20-13-2-4-15-14(10-13)21-19(27-15)23-7-5-22(6-8-23)18(24)12-1-3-16-17(9-12)26-11-25-16/h1-4,9-10H,5-8,11,20H2. The summed E-state index contributed by atoms with van der Waals surface area (Å²) in [5, 5.41) is 0. The first-order valence-electron chi connectivity index (χ1n) is 8.77. The SMILES string of the molecule is Nc1ccc2oc(N3CCN(C(=O)c4ccc5c(c4)OCO5)CC3)nc2c1. The molecule has 1 amide bonds. The number of ether oxygens (including phenoxy) is 2. The number of oxazole rings is 1. The lowest BCUT2D eigenvalue weighted by Crippen LogP contribution is -2.48. The van der Waals surface area contributed by atoms with Crippen molar-refractivity contribution in [2.24, 2.45) is 0 Å². The van der Waals surface area contributed by atoms with E-state index in [0.717, 1.165) is 5.52 Å². The number of hydrogen-bond acceptors (Lipinski definition) is 7. The molecule has 2 N–H and O–H groups in total. The normalized spacial score (nSPS) is 16.1. The van der Waals surface area contributed by atoms with Crippen LogP contribution in [-0.2, 0) is 0 Å². The lowest BCUT2D eigenvalue weighted by Gasteiger charge is -2.33. The van der Waals surface area contributed by atoms with Gasteiger partial charge in [-0.05, 0) is 36.4 Å². The summed E-state index contributed by atoms with van der Waals surface area (Å²) in [4.78, 5) is 21.2. The van der Waals surface area contributed by atoms with Crippen LogP contribution in [0.15, 0.2) is 40.8 Å². The first-order valence-corrected chi connectivity index (χ1v) is 8.77. The number of fused-ring (bicyclic) bond motifs is 2. The molecule has 0 atom stereocenters. The number of amides is 1. The molecule has 0 saturated carbocycles. The van der Waals surface area contributed by atoms with E-state index in [2.05, 4.69) is 4.98 Å². The van der Waals surface area contributed by atoms with Gasteiger partial charge in [-0.1, -0.05) is 0 Å². The van der Waals surface area contributed by atoms with E-state index in [4.69, 9.17) is 19.6 Å². The molecule has 8 heteroatoms. The molecule has 3 heterocycles. The molecule has 2 aromatic carbocycles. The van der Waals surface area contributed by atoms with Crippen LogP contribution in [0.25, 0.3) is 11.1 Å². The highest BCUT2D eigenvalue weighted by Crippen LogP contribution is 2.33. The average Bonchev–Trinajstić information content (AvgIpc) is 3.33. The van der Waals surface area contributed by atoms with Crippen LogP contribution >= 0.6 is 0 Å². The Balaban J connectivity index is 1.28. The molecule has 1 aromatic heterocycles. The Labute approximate surface area is 155 Å². The van der Waals surface area contributed by atoms with E-state index in [1.807, 2.05) is 15.9 Å². The second kappa shape index (κ2) is 6.08. The lowest BCUT2D eigenvalue weighted by atomic mass is 10.1. The highest BCUT2D eigenvalue weighted by atomic mass is 16.7. The van der Waals surface area contributed by atoms with Crippen molar-refractivity contribution in [3.05, 3.63) is 42.0 Å². The molecular weight excluding hydrogens is 348 g/mol. The molecule has 2 aliphatic rings. The molecule has 2 aliphatic heterocycles. The predicted octanol–water partition coefficient (Wildman–Crippen LogP) is 2.10. The quantitative estimate of drug-likeness (QED) is 0.694. The maximum Gasteiger partial charge on any atom is 0.298 e. The Hall–Kier alpha value is -3.42. The number of carbonyl (C=O) groups excluding carboxylic acids is 1. The number of piperazine rings is 1. The number of rotatable bonds is 2. The van der Waals surface area contributed by atoms with Gasteiger partial charge in [-0.25, -0.2) is 0 Å². The minimum absolute atomic E-state index is 0.0155. The van der Waals surface area contributed by atoms with E-state index >= 15 is 0 Å². The Morgan fingerprint density at radius 2 is 1.81 bits per heavy atom. The smallest absolute Gasteiger partial charge is 0.298 e. The fourth-order valence-corrected chi connectivity index (χ4v) is 3.38. The number of nitrogen functional groups attached to an aromatic ring is 1. The van der Waals surface area contributed by atoms with Gasteiger partial charge in [0.25, 0.3) is 11.9 Å². The van der Waals surface area contributed by atoms with Gasteiger partial charge < -0.3 is 29.4 Å². The van der Waals surface area contributed by atoms with E-state index < -0.39 is 0 Å². The first kappa shape index (κ1) is 15.8. The van der Waals surface area contributed by atoms with Crippen molar-refractivity contribution >= 4 is 28.7 Å². The minimum atomic E-state index is -0.0155. The van der Waals surface area contributed by atoms with Gasteiger partial charge in [0.05, 0.1) is 0 Å². The molecule has 0 bridgehead atoms. The lowest BCUT2D eigenvalue weighted by molar-refractivity contribution is 0.0744. The molecular formula is C19H18N4O4. The molecule has 8 nitrogen and oxygen atoms in total. The van der Waals surface area contributed by atoms with E-state index in [9.17, 15) is 4.79 Å². The summed E-state index contributed by atoms with van der Waals surface area (Å²) in [5.41, 5.74) is 8.50. The maximum absolute atomic E-state index is 12.8. The summed E-state index contributed by atoms with van der Waals surface area (Å²) in [6, 6.07) is 11.2. The number of carbonyl (C=O) groups is 1. The van der Waals surface area contributed by atoms with Gasteiger partial charge >= 0.3 is 0 Å². The summed E-state index contributed by atoms with van der Waals surface area (Å²) in [5.74, 6) is 1.27. The Morgan fingerprint density at radius 1 is 1.00 bits per heavy atom. The van der Waals surface area contributed by atoms with Gasteiger partial charge in [0.15, 0.2) is 17.1 Å². The third kappa shape index (κ3) is 2.79. The van der Waals surface area contributed by atoms with Crippen LogP contribution in [-0.4, -0.2) is 48.8 Å². The van der Waals surface area contributed by atoms with E-state index in [0.29, 0.717) is 60.5 Å². The fraction of sp³-hybridized carbons (Fsp3) is 0.263. The summed E-state index contributed by atoms with van der Waals surface area (Å²) in [6.45, 7) is 2.68. The highest BCUT2D eigenvalue weighted by Gasteiger charge is 2.26. The van der Waals surface area contributed by atoms with Crippen molar-refractivity contribution in [2.45, 2.75) is 0 Å². The average molecular weight is 366 g/mol. The zero-order valence-corrected chi connectivity index (χ0v) is 14.6. The maximum atomic E-state index is 12.8. The van der Waals surface area contributed by atoms with Crippen molar-refractivity contribution in [2.75, 3.05) is 43.6 Å². The zero-order valence-electron chi connectivity index (χ0n) is 14.6. The second-order valence-corrected chi connectivity index (χ2v) is 6.57. The monoisotopic (exact) mass is 366 g/mol. The number of benzene rings is 2. The molecule has 5 rings (SSSR count). The Kier molecular flexibility index (Phi) is 3.56. The summed E-state index contributed by atoms with van der Waals surface area (Å²) in [6.07, 6.45) is 0. The Bertz CT molecular complexity index is 1020. The summed E-state index contributed by atoms with van der Waals surface area (Å²) >= 11 is 0. The first-order chi connectivity index (χ1) is 13.2. The van der Waals surface area contributed by atoms with Crippen LogP contribution in [0.1, 0.15) is 10.4 Å². The third-order valence-corrected chi connectivity index (χ3v) is 4.86. The third-order valence-electron chi connectivity index (χ3n) is 4.86. The van der Waals surface area contributed by atoms with Crippen LogP contribution in [0, 0.1) is 0 Å². The number of nitrogens with zero attached hydrogens (tertiary/aromatic N) is 3. The molecule has 0 aliphatic carbocycles. The van der Waals surface area contributed by atoms with Crippen molar-refractivity contribution in [1.82, 2.24) is 9.88 Å². The number of aromatic nitrogens is 1. The van der Waals surface area contributed by atoms with Gasteiger partial charge in [0.1, 0.15) is 5.52 Å². The fourth-order valence-electron chi connectivity index (χ4n) is 3.38. The largest absolute Gasteiger partial charge is 0.454 e. The minimum Gasteiger partial charge on any atom is -0.454 e. The van der Waals surface area contributed by atoms with Crippen molar-refractivity contribution < 1.29 is 18.7 Å². The summed E-state index contributed by atoms with van der Waals surface area (Å²) in [7, 11) is 0. The van der Waals surface area contributed by atoms with Crippen LogP contribution < -0.4 is 20.1 Å². The van der Waals surface area contributed by atoms with Gasteiger partial charge in [0, 0.05) is 37.4 Å². The molecule has 0 spiro atoms. The molecule has 27 heavy (non-hydrogen) atoms. The van der Waals surface area contributed by atoms with Gasteiger partial charge in [-0.3, -0.25) is 4.79 Å². The molecule has 0 unspecified atom stereocenters. The van der Waals surface area contributed by atoms with Gasteiger partial charge in [0.2, 0.25) is 6.79 Å².